The average molecular weight is 511 g/mol. The molecule has 9 heteroatoms. The first-order valence-corrected chi connectivity index (χ1v) is 12.8. The molecule has 35 heavy (non-hydrogen) atoms. The van der Waals surface area contributed by atoms with Gasteiger partial charge >= 0.3 is 0 Å². The van der Waals surface area contributed by atoms with Gasteiger partial charge in [-0.05, 0) is 55.8 Å². The van der Waals surface area contributed by atoms with E-state index in [0.29, 0.717) is 58.9 Å². The summed E-state index contributed by atoms with van der Waals surface area (Å²) in [6.45, 7) is 5.85. The molecule has 0 atom stereocenters. The molecule has 0 saturated carbocycles. The van der Waals surface area contributed by atoms with Crippen molar-refractivity contribution in [1.29, 1.82) is 0 Å². The number of halogens is 1. The summed E-state index contributed by atoms with van der Waals surface area (Å²) in [6.07, 6.45) is 0.0285. The number of Topliss-reactive ketones (excluding diaryl/α,β-unsaturated/α-hetero) is 1. The summed E-state index contributed by atoms with van der Waals surface area (Å²) in [4.78, 5) is 48.4. The summed E-state index contributed by atoms with van der Waals surface area (Å²) in [5.74, 6) is 0.592. The van der Waals surface area contributed by atoms with Gasteiger partial charge in [-0.15, -0.1) is 0 Å². The van der Waals surface area contributed by atoms with Gasteiger partial charge in [0.1, 0.15) is 0 Å². The number of rotatable bonds is 7. The molecule has 2 heterocycles. The number of carbonyl (C=O) groups excluding carboxylic acids is 2. The number of H-pyrrole nitrogens is 1. The molecule has 2 aromatic carbocycles. The minimum absolute atomic E-state index is 0.0285. The Hall–Kier alpha value is -3.10. The van der Waals surface area contributed by atoms with Gasteiger partial charge in [0.2, 0.25) is 5.91 Å². The van der Waals surface area contributed by atoms with Crippen LogP contribution in [0.4, 0.5) is 5.69 Å². The number of amides is 1. The van der Waals surface area contributed by atoms with E-state index in [-0.39, 0.29) is 23.7 Å². The Labute approximate surface area is 213 Å². The van der Waals surface area contributed by atoms with E-state index in [1.54, 1.807) is 18.7 Å². The van der Waals surface area contributed by atoms with Crippen LogP contribution in [0.2, 0.25) is 5.02 Å². The first-order valence-electron chi connectivity index (χ1n) is 11.4. The summed E-state index contributed by atoms with van der Waals surface area (Å²) in [5, 5.41) is 1.19. The Morgan fingerprint density at radius 1 is 1.09 bits per heavy atom. The highest BCUT2D eigenvalue weighted by Crippen LogP contribution is 2.22. The summed E-state index contributed by atoms with van der Waals surface area (Å²) >= 11 is 7.45. The molecule has 3 aromatic rings. The standard InChI is InChI=1S/C26H27ClN4O3S/c1-17-23(25(34)29-26(28-17)35-16-19-4-3-5-21(27)14-19)15-24(33)31-12-10-30(11-13-31)22-8-6-20(7-9-22)18(2)32/h3-9,14H,10-13,15-16H2,1-2H3,(H,28,29,34). The second-order valence-corrected chi connectivity index (χ2v) is 9.90. The van der Waals surface area contributed by atoms with Gasteiger partial charge in [-0.2, -0.15) is 0 Å². The van der Waals surface area contributed by atoms with Gasteiger partial charge in [0, 0.05) is 59.5 Å². The normalized spacial score (nSPS) is 13.7. The maximum atomic E-state index is 12.9. The second-order valence-electron chi connectivity index (χ2n) is 8.50. The lowest BCUT2D eigenvalue weighted by atomic mass is 10.1. The zero-order valence-electron chi connectivity index (χ0n) is 19.7. The van der Waals surface area contributed by atoms with Crippen molar-refractivity contribution in [3.63, 3.8) is 0 Å². The Morgan fingerprint density at radius 2 is 1.80 bits per heavy atom. The molecule has 1 amide bonds. The van der Waals surface area contributed by atoms with Gasteiger partial charge in [0.15, 0.2) is 10.9 Å². The Kier molecular flexibility index (Phi) is 7.93. The lowest BCUT2D eigenvalue weighted by molar-refractivity contribution is -0.130. The van der Waals surface area contributed by atoms with Crippen LogP contribution in [0, 0.1) is 6.92 Å². The van der Waals surface area contributed by atoms with Crippen molar-refractivity contribution in [2.45, 2.75) is 31.2 Å². The van der Waals surface area contributed by atoms with E-state index in [9.17, 15) is 14.4 Å². The third-order valence-corrected chi connectivity index (χ3v) is 7.24. The molecule has 1 aliphatic rings. The fourth-order valence-corrected chi connectivity index (χ4v) is 5.09. The van der Waals surface area contributed by atoms with Crippen molar-refractivity contribution in [2.24, 2.45) is 0 Å². The van der Waals surface area contributed by atoms with E-state index in [4.69, 9.17) is 11.6 Å². The van der Waals surface area contributed by atoms with Gasteiger partial charge < -0.3 is 14.8 Å². The molecular formula is C26H27ClN4O3S. The zero-order chi connectivity index (χ0) is 24.9. The van der Waals surface area contributed by atoms with Gasteiger partial charge in [-0.3, -0.25) is 14.4 Å². The quantitative estimate of drug-likeness (QED) is 0.292. The molecule has 0 unspecified atom stereocenters. The molecular weight excluding hydrogens is 484 g/mol. The summed E-state index contributed by atoms with van der Waals surface area (Å²) in [7, 11) is 0. The number of ketones is 1. The highest BCUT2D eigenvalue weighted by atomic mass is 35.5. The molecule has 1 N–H and O–H groups in total. The second kappa shape index (κ2) is 11.1. The SMILES string of the molecule is CC(=O)c1ccc(N2CCN(C(=O)Cc3c(C)nc(SCc4cccc(Cl)c4)[nH]c3=O)CC2)cc1. The molecule has 1 aliphatic heterocycles. The minimum atomic E-state index is -0.274. The first kappa shape index (κ1) is 25.0. The summed E-state index contributed by atoms with van der Waals surface area (Å²) in [6, 6.07) is 15.1. The number of aromatic amines is 1. The summed E-state index contributed by atoms with van der Waals surface area (Å²) < 4.78 is 0. The molecule has 4 rings (SSSR count). The van der Waals surface area contributed by atoms with Crippen molar-refractivity contribution in [2.75, 3.05) is 31.1 Å². The van der Waals surface area contributed by atoms with Crippen LogP contribution in [0.5, 0.6) is 0 Å². The molecule has 1 saturated heterocycles. The van der Waals surface area contributed by atoms with Gasteiger partial charge in [0.25, 0.3) is 5.56 Å². The predicted molar refractivity (Wildman–Crippen MR) is 140 cm³/mol. The number of hydrogen-bond acceptors (Lipinski definition) is 6. The number of hydrogen-bond donors (Lipinski definition) is 1. The number of piperazine rings is 1. The number of aromatic nitrogens is 2. The molecule has 1 aromatic heterocycles. The lowest BCUT2D eigenvalue weighted by Gasteiger charge is -2.36. The third kappa shape index (κ3) is 6.32. The van der Waals surface area contributed by atoms with E-state index in [0.717, 1.165) is 11.3 Å². The largest absolute Gasteiger partial charge is 0.368 e. The van der Waals surface area contributed by atoms with Crippen LogP contribution in [-0.2, 0) is 17.0 Å². The van der Waals surface area contributed by atoms with E-state index < -0.39 is 0 Å². The van der Waals surface area contributed by atoms with Crippen molar-refractivity contribution in [1.82, 2.24) is 14.9 Å². The molecule has 1 fully saturated rings. The van der Waals surface area contributed by atoms with E-state index in [1.165, 1.54) is 11.8 Å². The van der Waals surface area contributed by atoms with Crippen LogP contribution in [0.15, 0.2) is 58.5 Å². The van der Waals surface area contributed by atoms with Crippen LogP contribution >= 0.6 is 23.4 Å². The number of thioether (sulfide) groups is 1. The monoisotopic (exact) mass is 510 g/mol. The van der Waals surface area contributed by atoms with Crippen LogP contribution in [0.1, 0.15) is 34.1 Å². The highest BCUT2D eigenvalue weighted by molar-refractivity contribution is 7.98. The Morgan fingerprint density at radius 3 is 2.43 bits per heavy atom. The van der Waals surface area contributed by atoms with Crippen LogP contribution in [0.3, 0.4) is 0 Å². The van der Waals surface area contributed by atoms with E-state index in [1.807, 2.05) is 48.5 Å². The maximum absolute atomic E-state index is 12.9. The molecule has 0 aliphatic carbocycles. The highest BCUT2D eigenvalue weighted by Gasteiger charge is 2.23. The maximum Gasteiger partial charge on any atom is 0.255 e. The van der Waals surface area contributed by atoms with Crippen molar-refractivity contribution < 1.29 is 9.59 Å². The van der Waals surface area contributed by atoms with Crippen LogP contribution in [-0.4, -0.2) is 52.7 Å². The van der Waals surface area contributed by atoms with E-state index in [2.05, 4.69) is 14.9 Å². The van der Waals surface area contributed by atoms with Crippen molar-refractivity contribution >= 4 is 40.7 Å². The molecule has 0 spiro atoms. The molecule has 182 valence electrons. The number of aryl methyl sites for hydroxylation is 1. The zero-order valence-corrected chi connectivity index (χ0v) is 21.3. The molecule has 7 nitrogen and oxygen atoms in total. The minimum Gasteiger partial charge on any atom is -0.368 e. The van der Waals surface area contributed by atoms with Crippen LogP contribution < -0.4 is 10.5 Å². The third-order valence-electron chi connectivity index (χ3n) is 6.06. The van der Waals surface area contributed by atoms with Gasteiger partial charge in [0.05, 0.1) is 6.42 Å². The van der Waals surface area contributed by atoms with Crippen molar-refractivity contribution in [3.8, 4) is 0 Å². The van der Waals surface area contributed by atoms with Crippen LogP contribution in [0.25, 0.3) is 0 Å². The Balaban J connectivity index is 1.34. The number of nitrogens with zero attached hydrogens (tertiary/aromatic N) is 3. The lowest BCUT2D eigenvalue weighted by Crippen LogP contribution is -2.49. The number of nitrogens with one attached hydrogen (secondary N) is 1. The topological polar surface area (TPSA) is 86.4 Å². The molecule has 0 radical (unpaired) electrons. The fraction of sp³-hybridized carbons (Fsp3) is 0.308. The van der Waals surface area contributed by atoms with E-state index >= 15 is 0 Å². The smallest absolute Gasteiger partial charge is 0.255 e. The number of benzene rings is 2. The molecule has 0 bridgehead atoms. The van der Waals surface area contributed by atoms with Gasteiger partial charge in [-0.1, -0.05) is 35.5 Å². The predicted octanol–water partition coefficient (Wildman–Crippen LogP) is 4.12. The summed E-state index contributed by atoms with van der Waals surface area (Å²) in [5.41, 5.74) is 3.46. The first-order chi connectivity index (χ1) is 16.8. The Bertz CT molecular complexity index is 1280. The van der Waals surface area contributed by atoms with Gasteiger partial charge in [-0.25, -0.2) is 4.98 Å². The number of anilines is 1. The average Bonchev–Trinajstić information content (AvgIpc) is 2.85. The number of carbonyl (C=O) groups is 2. The van der Waals surface area contributed by atoms with Crippen molar-refractivity contribution in [3.05, 3.63) is 86.3 Å². The fourth-order valence-electron chi connectivity index (χ4n) is 4.02.